The monoisotopic (exact) mass is 358 g/mol. The molecule has 0 radical (unpaired) electrons. The molecule has 0 aliphatic carbocycles. The van der Waals surface area contributed by atoms with Gasteiger partial charge in [-0.1, -0.05) is 30.3 Å². The van der Waals surface area contributed by atoms with E-state index in [0.29, 0.717) is 11.3 Å². The van der Waals surface area contributed by atoms with Crippen LogP contribution in [0.3, 0.4) is 0 Å². The summed E-state index contributed by atoms with van der Waals surface area (Å²) in [6.07, 6.45) is -0.344. The van der Waals surface area contributed by atoms with Crippen LogP contribution in [-0.2, 0) is 0 Å². The van der Waals surface area contributed by atoms with E-state index < -0.39 is 0 Å². The van der Waals surface area contributed by atoms with E-state index in [4.69, 9.17) is 9.47 Å². The summed E-state index contributed by atoms with van der Waals surface area (Å²) < 4.78 is 11.0. The maximum atomic E-state index is 13.4. The molecule has 1 atom stereocenters. The third-order valence-electron chi connectivity index (χ3n) is 4.92. The predicted octanol–water partition coefficient (Wildman–Crippen LogP) is 4.49. The van der Waals surface area contributed by atoms with E-state index in [1.54, 1.807) is 4.90 Å². The Kier molecular flexibility index (Phi) is 3.53. The van der Waals surface area contributed by atoms with Gasteiger partial charge in [-0.05, 0) is 54.4 Å². The Hall–Kier alpha value is -3.47. The first-order valence-electron chi connectivity index (χ1n) is 8.86. The Balaban J connectivity index is 1.66. The van der Waals surface area contributed by atoms with Crippen LogP contribution < -0.4 is 19.7 Å². The van der Waals surface area contributed by atoms with E-state index >= 15 is 0 Å². The third kappa shape index (κ3) is 2.59. The van der Waals surface area contributed by atoms with Crippen molar-refractivity contribution in [2.75, 3.05) is 17.0 Å². The largest absolute Gasteiger partial charge is 0.454 e. The third-order valence-corrected chi connectivity index (χ3v) is 4.92. The van der Waals surface area contributed by atoms with Crippen LogP contribution in [0.25, 0.3) is 0 Å². The van der Waals surface area contributed by atoms with Crippen molar-refractivity contribution in [3.63, 3.8) is 0 Å². The van der Waals surface area contributed by atoms with Gasteiger partial charge in [-0.15, -0.1) is 0 Å². The molecule has 27 heavy (non-hydrogen) atoms. The average Bonchev–Trinajstić information content (AvgIpc) is 3.15. The fraction of sp³-hybridized carbons (Fsp3) is 0.136. The number of amides is 1. The number of nitrogens with zero attached hydrogens (tertiary/aromatic N) is 1. The molecule has 1 N–H and O–H groups in total. The normalized spacial score (nSPS) is 17.4. The molecule has 0 saturated heterocycles. The first kappa shape index (κ1) is 15.8. The van der Waals surface area contributed by atoms with Gasteiger partial charge >= 0.3 is 0 Å². The van der Waals surface area contributed by atoms with Crippen molar-refractivity contribution in [2.24, 2.45) is 0 Å². The van der Waals surface area contributed by atoms with E-state index in [9.17, 15) is 4.79 Å². The summed E-state index contributed by atoms with van der Waals surface area (Å²) in [5, 5.41) is 3.51. The van der Waals surface area contributed by atoms with Gasteiger partial charge in [0.1, 0.15) is 6.17 Å². The number of fused-ring (bicyclic) bond motifs is 2. The second-order valence-corrected chi connectivity index (χ2v) is 6.72. The number of aryl methyl sites for hydroxylation is 1. The molecule has 3 aromatic carbocycles. The van der Waals surface area contributed by atoms with Gasteiger partial charge in [-0.3, -0.25) is 9.69 Å². The van der Waals surface area contributed by atoms with Gasteiger partial charge in [-0.2, -0.15) is 0 Å². The van der Waals surface area contributed by atoms with Crippen molar-refractivity contribution in [1.29, 1.82) is 0 Å². The van der Waals surface area contributed by atoms with Gasteiger partial charge in [0.15, 0.2) is 11.5 Å². The molecule has 0 fully saturated rings. The van der Waals surface area contributed by atoms with Crippen molar-refractivity contribution in [1.82, 2.24) is 0 Å². The lowest BCUT2D eigenvalue weighted by atomic mass is 10.0. The number of ether oxygens (including phenoxy) is 2. The molecule has 0 bridgehead atoms. The Morgan fingerprint density at radius 3 is 2.70 bits per heavy atom. The van der Waals surface area contributed by atoms with Gasteiger partial charge in [0, 0.05) is 11.4 Å². The quantitative estimate of drug-likeness (QED) is 0.733. The molecule has 2 heterocycles. The summed E-state index contributed by atoms with van der Waals surface area (Å²) in [5.74, 6) is 1.39. The maximum absolute atomic E-state index is 13.4. The summed E-state index contributed by atoms with van der Waals surface area (Å²) >= 11 is 0. The van der Waals surface area contributed by atoms with E-state index in [1.165, 1.54) is 0 Å². The number of carbonyl (C=O) groups excluding carboxylic acids is 1. The Bertz CT molecular complexity index is 1050. The highest BCUT2D eigenvalue weighted by atomic mass is 16.7. The Morgan fingerprint density at radius 1 is 0.963 bits per heavy atom. The van der Waals surface area contributed by atoms with Crippen molar-refractivity contribution >= 4 is 17.3 Å². The summed E-state index contributed by atoms with van der Waals surface area (Å²) in [6.45, 7) is 2.25. The smallest absolute Gasteiger partial charge is 0.262 e. The van der Waals surface area contributed by atoms with E-state index in [-0.39, 0.29) is 18.9 Å². The molecular weight excluding hydrogens is 340 g/mol. The van der Waals surface area contributed by atoms with Crippen LogP contribution >= 0.6 is 0 Å². The molecule has 1 unspecified atom stereocenters. The van der Waals surface area contributed by atoms with E-state index in [0.717, 1.165) is 28.3 Å². The van der Waals surface area contributed by atoms with Crippen LogP contribution in [-0.4, -0.2) is 12.7 Å². The molecule has 1 amide bonds. The SMILES string of the molecule is Cc1cccc(N2C(=O)c3ccccc3NC2c2ccc3c(c2)OCO3)c1. The molecule has 5 heteroatoms. The van der Waals surface area contributed by atoms with Gasteiger partial charge < -0.3 is 14.8 Å². The molecule has 0 aromatic heterocycles. The first-order valence-corrected chi connectivity index (χ1v) is 8.86. The number of benzene rings is 3. The standard InChI is InChI=1S/C22H18N2O3/c1-14-5-4-6-16(11-14)24-21(15-9-10-19-20(12-15)27-13-26-19)23-18-8-3-2-7-17(18)22(24)25/h2-12,21,23H,13H2,1H3. The summed E-state index contributed by atoms with van der Waals surface area (Å²) in [5.41, 5.74) is 4.38. The van der Waals surface area contributed by atoms with Gasteiger partial charge in [0.2, 0.25) is 6.79 Å². The van der Waals surface area contributed by atoms with E-state index in [2.05, 4.69) is 5.32 Å². The number of rotatable bonds is 2. The molecule has 2 aliphatic rings. The highest BCUT2D eigenvalue weighted by Crippen LogP contribution is 2.40. The van der Waals surface area contributed by atoms with Gasteiger partial charge in [-0.25, -0.2) is 0 Å². The van der Waals surface area contributed by atoms with Crippen LogP contribution in [0.2, 0.25) is 0 Å². The van der Waals surface area contributed by atoms with Crippen molar-refractivity contribution < 1.29 is 14.3 Å². The Morgan fingerprint density at radius 2 is 1.81 bits per heavy atom. The number of para-hydroxylation sites is 1. The van der Waals surface area contributed by atoms with Crippen LogP contribution in [0, 0.1) is 6.92 Å². The molecule has 3 aromatic rings. The molecule has 0 saturated carbocycles. The number of hydrogen-bond donors (Lipinski definition) is 1. The predicted molar refractivity (Wildman–Crippen MR) is 103 cm³/mol. The lowest BCUT2D eigenvalue weighted by Gasteiger charge is -2.38. The van der Waals surface area contributed by atoms with Crippen LogP contribution in [0.1, 0.15) is 27.7 Å². The molecular formula is C22H18N2O3. The van der Waals surface area contributed by atoms with Crippen molar-refractivity contribution in [2.45, 2.75) is 13.1 Å². The molecule has 134 valence electrons. The average molecular weight is 358 g/mol. The second kappa shape index (κ2) is 6.06. The minimum absolute atomic E-state index is 0.0300. The fourth-order valence-corrected chi connectivity index (χ4v) is 3.61. The van der Waals surface area contributed by atoms with E-state index in [1.807, 2.05) is 73.7 Å². The summed E-state index contributed by atoms with van der Waals surface area (Å²) in [4.78, 5) is 15.2. The fourth-order valence-electron chi connectivity index (χ4n) is 3.61. The second-order valence-electron chi connectivity index (χ2n) is 6.72. The highest BCUT2D eigenvalue weighted by molar-refractivity contribution is 6.12. The molecule has 5 nitrogen and oxygen atoms in total. The zero-order valence-corrected chi connectivity index (χ0v) is 14.8. The lowest BCUT2D eigenvalue weighted by Crippen LogP contribution is -2.43. The van der Waals surface area contributed by atoms with Crippen LogP contribution in [0.15, 0.2) is 66.7 Å². The number of anilines is 2. The number of nitrogens with one attached hydrogen (secondary N) is 1. The first-order chi connectivity index (χ1) is 13.2. The highest BCUT2D eigenvalue weighted by Gasteiger charge is 2.34. The van der Waals surface area contributed by atoms with Crippen molar-refractivity contribution in [3.05, 3.63) is 83.4 Å². The summed E-state index contributed by atoms with van der Waals surface area (Å²) in [7, 11) is 0. The maximum Gasteiger partial charge on any atom is 0.262 e. The topological polar surface area (TPSA) is 50.8 Å². The zero-order valence-electron chi connectivity index (χ0n) is 14.8. The molecule has 2 aliphatic heterocycles. The van der Waals surface area contributed by atoms with Gasteiger partial charge in [0.05, 0.1) is 5.56 Å². The minimum Gasteiger partial charge on any atom is -0.454 e. The van der Waals surface area contributed by atoms with Crippen LogP contribution in [0.5, 0.6) is 11.5 Å². The number of hydrogen-bond acceptors (Lipinski definition) is 4. The molecule has 5 rings (SSSR count). The minimum atomic E-state index is -0.344. The number of carbonyl (C=O) groups is 1. The van der Waals surface area contributed by atoms with Gasteiger partial charge in [0.25, 0.3) is 5.91 Å². The zero-order chi connectivity index (χ0) is 18.4. The van der Waals surface area contributed by atoms with Crippen LogP contribution in [0.4, 0.5) is 11.4 Å². The molecule has 0 spiro atoms. The Labute approximate surface area is 157 Å². The van der Waals surface area contributed by atoms with Crippen molar-refractivity contribution in [3.8, 4) is 11.5 Å². The summed E-state index contributed by atoms with van der Waals surface area (Å²) in [6, 6.07) is 21.4. The lowest BCUT2D eigenvalue weighted by molar-refractivity contribution is 0.0975.